The minimum Gasteiger partial charge on any atom is -0.508 e. The maximum absolute atomic E-state index is 13.4. The third kappa shape index (κ3) is 9.02. The molecular weight excluding hydrogens is 502 g/mol. The molecule has 0 bridgehead atoms. The lowest BCUT2D eigenvalue weighted by Gasteiger charge is -2.28. The molecule has 0 spiro atoms. The molecule has 4 atom stereocenters. The molecule has 2 aromatic carbocycles. The lowest BCUT2D eigenvalue weighted by atomic mass is 10.0. The fourth-order valence-electron chi connectivity index (χ4n) is 4.13. The highest BCUT2D eigenvalue weighted by molar-refractivity contribution is 5.97. The number of guanidine groups is 1. The zero-order valence-corrected chi connectivity index (χ0v) is 21.7. The maximum atomic E-state index is 13.4. The first-order valence-electron chi connectivity index (χ1n) is 12.7. The van der Waals surface area contributed by atoms with Gasteiger partial charge in [-0.25, -0.2) is 0 Å². The van der Waals surface area contributed by atoms with Gasteiger partial charge in [-0.2, -0.15) is 0 Å². The largest absolute Gasteiger partial charge is 0.508 e. The van der Waals surface area contributed by atoms with Gasteiger partial charge in [-0.05, 0) is 43.0 Å². The molecule has 1 saturated heterocycles. The molecule has 9 N–H and O–H groups in total. The Morgan fingerprint density at radius 2 is 1.26 bits per heavy atom. The molecule has 0 aliphatic carbocycles. The number of benzene rings is 2. The predicted octanol–water partition coefficient (Wildman–Crippen LogP) is -0.796. The van der Waals surface area contributed by atoms with Crippen molar-refractivity contribution in [1.29, 1.82) is 0 Å². The average molecular weight is 538 g/mol. The third-order valence-corrected chi connectivity index (χ3v) is 6.26. The van der Waals surface area contributed by atoms with Crippen molar-refractivity contribution in [2.75, 3.05) is 6.54 Å². The van der Waals surface area contributed by atoms with Gasteiger partial charge in [0.05, 0.1) is 0 Å². The number of aliphatic imine (C=N–C) groups is 1. The van der Waals surface area contributed by atoms with Gasteiger partial charge in [0.25, 0.3) is 0 Å². The second-order valence-corrected chi connectivity index (χ2v) is 9.42. The van der Waals surface area contributed by atoms with Gasteiger partial charge < -0.3 is 37.8 Å². The number of carbonyl (C=O) groups excluding carboxylic acids is 4. The van der Waals surface area contributed by atoms with E-state index in [1.54, 1.807) is 12.1 Å². The lowest BCUT2D eigenvalue weighted by molar-refractivity contribution is -0.136. The van der Waals surface area contributed by atoms with E-state index in [1.165, 1.54) is 19.1 Å². The summed E-state index contributed by atoms with van der Waals surface area (Å²) in [6.07, 6.45) is 0.838. The number of carbonyl (C=O) groups is 4. The molecule has 2 aromatic rings. The Morgan fingerprint density at radius 3 is 1.87 bits per heavy atom. The Labute approximate surface area is 226 Å². The van der Waals surface area contributed by atoms with Gasteiger partial charge in [-0.3, -0.25) is 24.2 Å². The summed E-state index contributed by atoms with van der Waals surface area (Å²) >= 11 is 0. The molecule has 1 fully saturated rings. The summed E-state index contributed by atoms with van der Waals surface area (Å²) in [4.78, 5) is 56.9. The van der Waals surface area contributed by atoms with Crippen molar-refractivity contribution in [2.24, 2.45) is 16.5 Å². The highest BCUT2D eigenvalue weighted by atomic mass is 16.3. The second-order valence-electron chi connectivity index (χ2n) is 9.42. The number of nitrogens with zero attached hydrogens (tertiary/aromatic N) is 1. The van der Waals surface area contributed by atoms with Gasteiger partial charge in [-0.15, -0.1) is 0 Å². The van der Waals surface area contributed by atoms with Crippen molar-refractivity contribution in [3.05, 3.63) is 65.7 Å². The predicted molar refractivity (Wildman–Crippen MR) is 145 cm³/mol. The number of aromatic hydroxyl groups is 1. The fourth-order valence-corrected chi connectivity index (χ4v) is 4.13. The minimum atomic E-state index is -1.05. The quantitative estimate of drug-likeness (QED) is 0.130. The fraction of sp³-hybridized carbons (Fsp3) is 0.370. The highest BCUT2D eigenvalue weighted by Crippen LogP contribution is 2.13. The number of rotatable bonds is 8. The Morgan fingerprint density at radius 1 is 0.744 bits per heavy atom. The summed E-state index contributed by atoms with van der Waals surface area (Å²) < 4.78 is 0. The van der Waals surface area contributed by atoms with Crippen molar-refractivity contribution in [3.63, 3.8) is 0 Å². The van der Waals surface area contributed by atoms with E-state index in [0.717, 1.165) is 5.56 Å². The van der Waals surface area contributed by atoms with Crippen molar-refractivity contribution in [3.8, 4) is 5.75 Å². The maximum Gasteiger partial charge on any atom is 0.243 e. The molecule has 0 radical (unpaired) electrons. The molecule has 1 aliphatic rings. The first-order valence-corrected chi connectivity index (χ1v) is 12.7. The topological polar surface area (TPSA) is 201 Å². The molecule has 1 heterocycles. The average Bonchev–Trinajstić information content (AvgIpc) is 2.90. The summed E-state index contributed by atoms with van der Waals surface area (Å²) in [7, 11) is 0. The van der Waals surface area contributed by atoms with Crippen LogP contribution < -0.4 is 32.7 Å². The lowest BCUT2D eigenvalue weighted by Crippen LogP contribution is -2.61. The summed E-state index contributed by atoms with van der Waals surface area (Å²) in [6.45, 7) is 1.74. The van der Waals surface area contributed by atoms with E-state index in [1.807, 2.05) is 30.3 Å². The van der Waals surface area contributed by atoms with Gasteiger partial charge in [0.2, 0.25) is 23.6 Å². The van der Waals surface area contributed by atoms with Gasteiger partial charge in [-0.1, -0.05) is 42.5 Å². The second kappa shape index (κ2) is 13.8. The monoisotopic (exact) mass is 537 g/mol. The standard InChI is InChI=1S/C27H35N7O5/c1-16-23(36)33-22(15-18-9-11-19(35)12-10-18)26(39)32-20(8-5-13-30-27(28)29)24(37)34-21(25(38)31-16)14-17-6-3-2-4-7-17/h2-4,6-7,9-12,16,20-22,35H,5,8,13-15H2,1H3,(H,31,38)(H,32,39)(H,33,36)(H,34,37)(H4,28,29,30)/t16-,20+,21+,22+/m1/s1. The van der Waals surface area contributed by atoms with E-state index in [2.05, 4.69) is 26.3 Å². The smallest absolute Gasteiger partial charge is 0.243 e. The summed E-state index contributed by atoms with van der Waals surface area (Å²) in [5.74, 6) is -2.24. The molecule has 12 nitrogen and oxygen atoms in total. The zero-order valence-electron chi connectivity index (χ0n) is 21.7. The van der Waals surface area contributed by atoms with E-state index >= 15 is 0 Å². The van der Waals surface area contributed by atoms with E-state index in [-0.39, 0.29) is 37.5 Å². The van der Waals surface area contributed by atoms with Gasteiger partial charge in [0.1, 0.15) is 29.9 Å². The molecular formula is C27H35N7O5. The molecule has 4 amide bonds. The number of hydrogen-bond acceptors (Lipinski definition) is 6. The van der Waals surface area contributed by atoms with Gasteiger partial charge >= 0.3 is 0 Å². The normalized spacial score (nSPS) is 22.3. The van der Waals surface area contributed by atoms with Crippen LogP contribution in [0, 0.1) is 0 Å². The Balaban J connectivity index is 1.88. The van der Waals surface area contributed by atoms with Crippen LogP contribution in [0.1, 0.15) is 30.9 Å². The van der Waals surface area contributed by atoms with Crippen LogP contribution in [0.25, 0.3) is 0 Å². The Bertz CT molecular complexity index is 1180. The molecule has 208 valence electrons. The highest BCUT2D eigenvalue weighted by Gasteiger charge is 2.33. The van der Waals surface area contributed by atoms with Crippen LogP contribution in [0.4, 0.5) is 0 Å². The minimum absolute atomic E-state index is 0.0600. The van der Waals surface area contributed by atoms with Crippen LogP contribution in [0.3, 0.4) is 0 Å². The van der Waals surface area contributed by atoms with Crippen LogP contribution in [0.15, 0.2) is 59.6 Å². The van der Waals surface area contributed by atoms with Crippen molar-refractivity contribution < 1.29 is 24.3 Å². The molecule has 3 rings (SSSR count). The van der Waals surface area contributed by atoms with Gasteiger partial charge in [0.15, 0.2) is 5.96 Å². The number of hydrogen-bond donors (Lipinski definition) is 7. The first-order chi connectivity index (χ1) is 18.6. The molecule has 0 unspecified atom stereocenters. The summed E-state index contributed by atoms with van der Waals surface area (Å²) in [6, 6.07) is 11.3. The van der Waals surface area contributed by atoms with Crippen LogP contribution in [-0.2, 0) is 32.0 Å². The van der Waals surface area contributed by atoms with Crippen molar-refractivity contribution in [1.82, 2.24) is 21.3 Å². The van der Waals surface area contributed by atoms with Crippen LogP contribution in [0.2, 0.25) is 0 Å². The van der Waals surface area contributed by atoms with Crippen LogP contribution in [0.5, 0.6) is 5.75 Å². The number of phenolic OH excluding ortho intramolecular Hbond substituents is 1. The number of nitrogens with two attached hydrogens (primary N) is 2. The number of nitrogens with one attached hydrogen (secondary N) is 4. The van der Waals surface area contributed by atoms with Gasteiger partial charge in [0, 0.05) is 19.4 Å². The molecule has 12 heteroatoms. The van der Waals surface area contributed by atoms with E-state index in [9.17, 15) is 24.3 Å². The number of amides is 4. The van der Waals surface area contributed by atoms with Crippen LogP contribution in [-0.4, -0.2) is 65.4 Å². The molecule has 0 aromatic heterocycles. The summed E-state index contributed by atoms with van der Waals surface area (Å²) in [5.41, 5.74) is 12.3. The van der Waals surface area contributed by atoms with E-state index in [0.29, 0.717) is 12.0 Å². The first kappa shape index (κ1) is 29.0. The Kier molecular flexibility index (Phi) is 10.2. The molecule has 39 heavy (non-hydrogen) atoms. The summed E-state index contributed by atoms with van der Waals surface area (Å²) in [5, 5.41) is 20.4. The third-order valence-electron chi connectivity index (χ3n) is 6.26. The van der Waals surface area contributed by atoms with Crippen LogP contribution >= 0.6 is 0 Å². The van der Waals surface area contributed by atoms with Crippen molar-refractivity contribution >= 4 is 29.6 Å². The van der Waals surface area contributed by atoms with Crippen molar-refractivity contribution in [2.45, 2.75) is 56.8 Å². The molecule has 1 aliphatic heterocycles. The number of phenols is 1. The Hall–Kier alpha value is -4.61. The SMILES string of the molecule is C[C@H]1NC(=O)[C@H](Cc2ccccc2)NC(=O)[C@H](CCCN=C(N)N)NC(=O)[C@H](Cc2ccc(O)cc2)NC1=O. The van der Waals surface area contributed by atoms with E-state index < -0.39 is 47.8 Å². The molecule has 0 saturated carbocycles. The van der Waals surface area contributed by atoms with E-state index in [4.69, 9.17) is 11.5 Å². The zero-order chi connectivity index (χ0) is 28.4.